The Kier molecular flexibility index (Phi) is 4.91. The van der Waals surface area contributed by atoms with Crippen LogP contribution in [0.15, 0.2) is 60.2 Å². The van der Waals surface area contributed by atoms with Crippen LogP contribution in [0, 0.1) is 0 Å². The number of thiophene rings is 1. The van der Waals surface area contributed by atoms with Gasteiger partial charge in [0.1, 0.15) is 0 Å². The molecular weight excluding hydrogens is 390 g/mol. The number of fused-ring (bicyclic) bond motifs is 2. The van der Waals surface area contributed by atoms with Crippen molar-refractivity contribution in [2.45, 2.75) is 32.2 Å². The van der Waals surface area contributed by atoms with Crippen LogP contribution >= 0.6 is 11.3 Å². The van der Waals surface area contributed by atoms with Crippen LogP contribution in [0.25, 0.3) is 10.9 Å². The van der Waals surface area contributed by atoms with Gasteiger partial charge in [-0.15, -0.1) is 11.3 Å². The molecule has 1 aromatic carbocycles. The summed E-state index contributed by atoms with van der Waals surface area (Å²) in [6.45, 7) is 2.86. The molecule has 1 atom stereocenters. The molecule has 0 radical (unpaired) electrons. The zero-order valence-corrected chi connectivity index (χ0v) is 18.2. The van der Waals surface area contributed by atoms with Gasteiger partial charge in [-0.2, -0.15) is 0 Å². The highest BCUT2D eigenvalue weighted by Crippen LogP contribution is 2.37. The summed E-state index contributed by atoms with van der Waals surface area (Å²) >= 11 is 1.77. The molecule has 4 nitrogen and oxygen atoms in total. The number of amides is 1. The van der Waals surface area contributed by atoms with E-state index in [0.717, 1.165) is 48.0 Å². The second kappa shape index (κ2) is 7.73. The zero-order valence-electron chi connectivity index (χ0n) is 17.3. The quantitative estimate of drug-likeness (QED) is 0.461. The average Bonchev–Trinajstić information content (AvgIpc) is 3.39. The second-order valence-electron chi connectivity index (χ2n) is 7.96. The molecule has 30 heavy (non-hydrogen) atoms. The molecule has 1 aliphatic rings. The fourth-order valence-electron chi connectivity index (χ4n) is 4.51. The van der Waals surface area contributed by atoms with E-state index >= 15 is 0 Å². The number of aromatic nitrogens is 2. The van der Waals surface area contributed by atoms with Crippen LogP contribution in [0.1, 0.15) is 45.0 Å². The van der Waals surface area contributed by atoms with Crippen molar-refractivity contribution in [3.63, 3.8) is 0 Å². The number of nitrogens with zero attached hydrogens (tertiary/aromatic N) is 3. The topological polar surface area (TPSA) is 38.1 Å². The van der Waals surface area contributed by atoms with Gasteiger partial charge >= 0.3 is 0 Å². The van der Waals surface area contributed by atoms with Crippen LogP contribution < -0.4 is 0 Å². The number of hydrogen-bond donors (Lipinski definition) is 0. The number of carbonyl (C=O) groups excluding carboxylic acids is 1. The van der Waals surface area contributed by atoms with Gasteiger partial charge in [0, 0.05) is 47.5 Å². The molecule has 0 fully saturated rings. The normalized spacial score (nSPS) is 16.1. The van der Waals surface area contributed by atoms with E-state index in [4.69, 9.17) is 0 Å². The minimum Gasteiger partial charge on any atom is -0.350 e. The van der Waals surface area contributed by atoms with Gasteiger partial charge in [0.25, 0.3) is 5.91 Å². The van der Waals surface area contributed by atoms with Crippen molar-refractivity contribution in [2.24, 2.45) is 7.05 Å². The molecule has 0 saturated carbocycles. The van der Waals surface area contributed by atoms with Crippen LogP contribution in [-0.4, -0.2) is 26.9 Å². The molecule has 1 amide bonds. The minimum absolute atomic E-state index is 0.0505. The lowest BCUT2D eigenvalue weighted by molar-refractivity contribution is 0.0666. The molecular formula is C25H25N3OS. The first-order valence-electron chi connectivity index (χ1n) is 10.5. The largest absolute Gasteiger partial charge is 0.350 e. The summed E-state index contributed by atoms with van der Waals surface area (Å²) in [5.41, 5.74) is 5.53. The monoisotopic (exact) mass is 415 g/mol. The molecule has 0 aliphatic carbocycles. The minimum atomic E-state index is 0.0505. The van der Waals surface area contributed by atoms with Crippen molar-refractivity contribution in [1.82, 2.24) is 14.5 Å². The Labute approximate surface area is 180 Å². The summed E-state index contributed by atoms with van der Waals surface area (Å²) in [6, 6.07) is 14.7. The molecule has 4 aromatic rings. The first kappa shape index (κ1) is 19.1. The maximum atomic E-state index is 13.8. The third-order valence-corrected chi connectivity index (χ3v) is 7.21. The Bertz CT molecular complexity index is 1200. The molecule has 1 unspecified atom stereocenters. The van der Waals surface area contributed by atoms with Gasteiger partial charge in [-0.1, -0.05) is 31.2 Å². The number of para-hydroxylation sites is 1. The summed E-state index contributed by atoms with van der Waals surface area (Å²) in [5, 5.41) is 3.18. The third kappa shape index (κ3) is 3.23. The zero-order chi connectivity index (χ0) is 20.7. The van der Waals surface area contributed by atoms with E-state index in [1.165, 1.54) is 16.0 Å². The van der Waals surface area contributed by atoms with E-state index in [0.29, 0.717) is 0 Å². The molecule has 1 aliphatic heterocycles. The molecule has 0 saturated heterocycles. The van der Waals surface area contributed by atoms with Crippen LogP contribution in [0.3, 0.4) is 0 Å². The second-order valence-corrected chi connectivity index (χ2v) is 8.91. The van der Waals surface area contributed by atoms with Crippen LogP contribution in [0.4, 0.5) is 0 Å². The highest BCUT2D eigenvalue weighted by molar-refractivity contribution is 7.10. The van der Waals surface area contributed by atoms with Crippen molar-refractivity contribution in [1.29, 1.82) is 0 Å². The highest BCUT2D eigenvalue weighted by Gasteiger charge is 2.33. The fourth-order valence-corrected chi connectivity index (χ4v) is 5.57. The van der Waals surface area contributed by atoms with Crippen LogP contribution in [-0.2, 0) is 26.3 Å². The lowest BCUT2D eigenvalue weighted by Gasteiger charge is -2.36. The summed E-state index contributed by atoms with van der Waals surface area (Å²) in [6.07, 6.45) is 6.59. The lowest BCUT2D eigenvalue weighted by atomic mass is 9.95. The average molecular weight is 416 g/mol. The number of carbonyl (C=O) groups is 1. The summed E-state index contributed by atoms with van der Waals surface area (Å²) in [7, 11) is 2.01. The first-order chi connectivity index (χ1) is 14.7. The molecule has 3 aromatic heterocycles. The number of pyridine rings is 1. The number of hydrogen-bond acceptors (Lipinski definition) is 3. The molecule has 0 spiro atoms. The lowest BCUT2D eigenvalue weighted by Crippen LogP contribution is -2.40. The molecule has 0 N–H and O–H groups in total. The first-order valence-corrected chi connectivity index (χ1v) is 11.4. The van der Waals surface area contributed by atoms with E-state index < -0.39 is 0 Å². The van der Waals surface area contributed by atoms with E-state index in [1.807, 2.05) is 42.2 Å². The van der Waals surface area contributed by atoms with Gasteiger partial charge in [-0.05, 0) is 54.0 Å². The standard InChI is InChI=1S/C25H25N3OS/c1-3-19-9-8-17(15-26-19)14-23-24-18(11-13-30-24)10-12-28(23)25(29)21-16-27(2)22-7-5-4-6-20(21)22/h4-9,11,13,15-16,23H,3,10,12,14H2,1-2H3. The number of benzene rings is 1. The number of rotatable bonds is 4. The summed E-state index contributed by atoms with van der Waals surface area (Å²) < 4.78 is 2.05. The summed E-state index contributed by atoms with van der Waals surface area (Å²) in [4.78, 5) is 21.7. The Balaban J connectivity index is 1.52. The Morgan fingerprint density at radius 1 is 1.20 bits per heavy atom. The predicted molar refractivity (Wildman–Crippen MR) is 122 cm³/mol. The molecule has 4 heterocycles. The van der Waals surface area contributed by atoms with Gasteiger partial charge in [0.05, 0.1) is 11.6 Å². The Hall–Kier alpha value is -2.92. The van der Waals surface area contributed by atoms with Crippen molar-refractivity contribution >= 4 is 28.1 Å². The van der Waals surface area contributed by atoms with Crippen molar-refractivity contribution < 1.29 is 4.79 Å². The third-order valence-electron chi connectivity index (χ3n) is 6.15. The molecule has 5 rings (SSSR count). The van der Waals surface area contributed by atoms with E-state index in [1.54, 1.807) is 11.3 Å². The van der Waals surface area contributed by atoms with E-state index in [9.17, 15) is 4.79 Å². The van der Waals surface area contributed by atoms with Gasteiger partial charge in [-0.25, -0.2) is 0 Å². The highest BCUT2D eigenvalue weighted by atomic mass is 32.1. The van der Waals surface area contributed by atoms with Gasteiger partial charge in [0.2, 0.25) is 0 Å². The maximum Gasteiger partial charge on any atom is 0.256 e. The Morgan fingerprint density at radius 3 is 2.87 bits per heavy atom. The SMILES string of the molecule is CCc1ccc(CC2c3sccc3CCN2C(=O)c2cn(C)c3ccccc23)cn1. The molecule has 152 valence electrons. The van der Waals surface area contributed by atoms with Crippen molar-refractivity contribution in [3.8, 4) is 0 Å². The van der Waals surface area contributed by atoms with Crippen LogP contribution in [0.2, 0.25) is 0 Å². The maximum absolute atomic E-state index is 13.8. The van der Waals surface area contributed by atoms with Gasteiger partial charge in [-0.3, -0.25) is 9.78 Å². The van der Waals surface area contributed by atoms with Crippen molar-refractivity contribution in [3.05, 3.63) is 87.5 Å². The molecule has 0 bridgehead atoms. The van der Waals surface area contributed by atoms with Gasteiger partial charge < -0.3 is 9.47 Å². The van der Waals surface area contributed by atoms with E-state index in [2.05, 4.69) is 46.5 Å². The van der Waals surface area contributed by atoms with Gasteiger partial charge in [0.15, 0.2) is 0 Å². The molecule has 5 heteroatoms. The smallest absolute Gasteiger partial charge is 0.256 e. The van der Waals surface area contributed by atoms with Crippen LogP contribution in [0.5, 0.6) is 0 Å². The number of aryl methyl sites for hydroxylation is 2. The fraction of sp³-hybridized carbons (Fsp3) is 0.280. The summed E-state index contributed by atoms with van der Waals surface area (Å²) in [5.74, 6) is 0.119. The van der Waals surface area contributed by atoms with E-state index in [-0.39, 0.29) is 11.9 Å². The predicted octanol–water partition coefficient (Wildman–Crippen LogP) is 5.18. The van der Waals surface area contributed by atoms with Crippen molar-refractivity contribution in [2.75, 3.05) is 6.54 Å². The Morgan fingerprint density at radius 2 is 2.07 bits per heavy atom.